The molecule has 0 spiro atoms. The van der Waals surface area contributed by atoms with E-state index in [-0.39, 0.29) is 0 Å². The molecule has 0 heterocycles. The first-order valence-corrected chi connectivity index (χ1v) is 8.81. The number of allylic oxidation sites excluding steroid dienone is 1. The van der Waals surface area contributed by atoms with Gasteiger partial charge < -0.3 is 5.11 Å². The minimum atomic E-state index is -3.93. The Labute approximate surface area is 117 Å². The van der Waals surface area contributed by atoms with Crippen molar-refractivity contribution in [1.82, 2.24) is 0 Å². The van der Waals surface area contributed by atoms with E-state index in [0.717, 1.165) is 31.1 Å². The number of aliphatic hydroxyl groups is 1. The second kappa shape index (κ2) is 12.6. The SMILES string of the molecule is O=S(=O)(O)C=CCCCCCCCCCCCCO. The monoisotopic (exact) mass is 292 g/mol. The molecule has 4 nitrogen and oxygen atoms in total. The molecule has 0 fully saturated rings. The summed E-state index contributed by atoms with van der Waals surface area (Å²) >= 11 is 0. The van der Waals surface area contributed by atoms with Crippen molar-refractivity contribution in [2.24, 2.45) is 0 Å². The third-order valence-electron chi connectivity index (χ3n) is 3.05. The van der Waals surface area contributed by atoms with Gasteiger partial charge in [0.2, 0.25) is 0 Å². The lowest BCUT2D eigenvalue weighted by atomic mass is 10.1. The van der Waals surface area contributed by atoms with Gasteiger partial charge in [-0.15, -0.1) is 0 Å². The largest absolute Gasteiger partial charge is 0.396 e. The molecule has 0 saturated carbocycles. The fourth-order valence-electron chi connectivity index (χ4n) is 1.98. The van der Waals surface area contributed by atoms with Gasteiger partial charge in [0.25, 0.3) is 10.1 Å². The van der Waals surface area contributed by atoms with Crippen LogP contribution in [0.4, 0.5) is 0 Å². The normalized spacial score (nSPS) is 12.3. The Morgan fingerprint density at radius 1 is 0.737 bits per heavy atom. The van der Waals surface area contributed by atoms with Crippen LogP contribution < -0.4 is 0 Å². The van der Waals surface area contributed by atoms with Crippen LogP contribution in [0.5, 0.6) is 0 Å². The van der Waals surface area contributed by atoms with Crippen LogP contribution in [0.3, 0.4) is 0 Å². The number of aliphatic hydroxyl groups excluding tert-OH is 1. The standard InChI is InChI=1S/C14H28O4S/c15-13-11-9-7-5-3-1-2-4-6-8-10-12-14-19(16,17)18/h12,14-15H,1-11,13H2,(H,16,17,18). The van der Waals surface area contributed by atoms with E-state index >= 15 is 0 Å². The molecule has 0 aliphatic rings. The summed E-state index contributed by atoms with van der Waals surface area (Å²) in [5.41, 5.74) is 0. The molecule has 0 rings (SSSR count). The molecule has 0 aliphatic carbocycles. The smallest absolute Gasteiger partial charge is 0.287 e. The predicted octanol–water partition coefficient (Wildman–Crippen LogP) is 3.67. The van der Waals surface area contributed by atoms with Gasteiger partial charge in [-0.1, -0.05) is 57.4 Å². The average Bonchev–Trinajstić information content (AvgIpc) is 2.34. The summed E-state index contributed by atoms with van der Waals surface area (Å²) in [6.07, 6.45) is 13.8. The highest BCUT2D eigenvalue weighted by molar-refractivity contribution is 7.88. The molecule has 0 atom stereocenters. The zero-order chi connectivity index (χ0) is 14.4. The summed E-state index contributed by atoms with van der Waals surface area (Å²) in [5.74, 6) is 0. The van der Waals surface area contributed by atoms with E-state index < -0.39 is 10.1 Å². The second-order valence-corrected chi connectivity index (χ2v) is 6.24. The molecule has 114 valence electrons. The van der Waals surface area contributed by atoms with E-state index in [9.17, 15) is 8.42 Å². The van der Waals surface area contributed by atoms with Crippen LogP contribution in [-0.4, -0.2) is 24.7 Å². The maximum Gasteiger partial charge on any atom is 0.287 e. The van der Waals surface area contributed by atoms with Crippen LogP contribution in [0.2, 0.25) is 0 Å². The Morgan fingerprint density at radius 3 is 1.58 bits per heavy atom. The van der Waals surface area contributed by atoms with E-state index in [1.165, 1.54) is 44.6 Å². The maximum atomic E-state index is 10.4. The van der Waals surface area contributed by atoms with Crippen molar-refractivity contribution in [2.75, 3.05) is 6.61 Å². The molecule has 0 unspecified atom stereocenters. The highest BCUT2D eigenvalue weighted by Gasteiger charge is 1.95. The summed E-state index contributed by atoms with van der Waals surface area (Å²) < 4.78 is 29.2. The Morgan fingerprint density at radius 2 is 1.16 bits per heavy atom. The fraction of sp³-hybridized carbons (Fsp3) is 0.857. The Kier molecular flexibility index (Phi) is 12.4. The molecule has 0 radical (unpaired) electrons. The zero-order valence-corrected chi connectivity index (χ0v) is 12.6. The van der Waals surface area contributed by atoms with Gasteiger partial charge in [-0.2, -0.15) is 8.42 Å². The minimum Gasteiger partial charge on any atom is -0.396 e. The topological polar surface area (TPSA) is 74.6 Å². The molecule has 19 heavy (non-hydrogen) atoms. The molecule has 0 aromatic carbocycles. The van der Waals surface area contributed by atoms with Crippen molar-refractivity contribution in [3.05, 3.63) is 11.5 Å². The van der Waals surface area contributed by atoms with Crippen molar-refractivity contribution in [3.8, 4) is 0 Å². The van der Waals surface area contributed by atoms with Crippen LogP contribution >= 0.6 is 0 Å². The Balaban J connectivity index is 3.13. The van der Waals surface area contributed by atoms with Gasteiger partial charge in [-0.25, -0.2) is 0 Å². The molecule has 5 heteroatoms. The second-order valence-electron chi connectivity index (χ2n) is 4.93. The van der Waals surface area contributed by atoms with Crippen LogP contribution in [0.1, 0.15) is 70.6 Å². The van der Waals surface area contributed by atoms with E-state index in [1.54, 1.807) is 0 Å². The number of hydrogen-bond acceptors (Lipinski definition) is 3. The summed E-state index contributed by atoms with van der Waals surface area (Å²) in [5, 5.41) is 9.48. The van der Waals surface area contributed by atoms with Gasteiger partial charge >= 0.3 is 0 Å². The Hall–Kier alpha value is -0.390. The van der Waals surface area contributed by atoms with E-state index in [1.807, 2.05) is 0 Å². The van der Waals surface area contributed by atoms with Gasteiger partial charge in [-0.05, 0) is 19.3 Å². The number of hydrogen-bond donors (Lipinski definition) is 2. The lowest BCUT2D eigenvalue weighted by Crippen LogP contribution is -1.89. The molecular weight excluding hydrogens is 264 g/mol. The van der Waals surface area contributed by atoms with Gasteiger partial charge in [0.05, 0.1) is 5.41 Å². The maximum absolute atomic E-state index is 10.4. The van der Waals surface area contributed by atoms with Gasteiger partial charge in [0.15, 0.2) is 0 Å². The fourth-order valence-corrected chi connectivity index (χ4v) is 2.36. The molecule has 0 saturated heterocycles. The Bertz CT molecular complexity index is 309. The molecular formula is C14H28O4S. The van der Waals surface area contributed by atoms with Crippen LogP contribution in [0.25, 0.3) is 0 Å². The predicted molar refractivity (Wildman–Crippen MR) is 78.6 cm³/mol. The van der Waals surface area contributed by atoms with Gasteiger partial charge in [0.1, 0.15) is 0 Å². The quantitative estimate of drug-likeness (QED) is 0.401. The molecule has 0 amide bonds. The van der Waals surface area contributed by atoms with Crippen molar-refractivity contribution >= 4 is 10.1 Å². The van der Waals surface area contributed by atoms with Crippen molar-refractivity contribution in [1.29, 1.82) is 0 Å². The van der Waals surface area contributed by atoms with Crippen LogP contribution in [0, 0.1) is 0 Å². The highest BCUT2D eigenvalue weighted by atomic mass is 32.2. The number of rotatable bonds is 13. The summed E-state index contributed by atoms with van der Waals surface area (Å²) in [6.45, 7) is 0.312. The first kappa shape index (κ1) is 18.6. The van der Waals surface area contributed by atoms with E-state index in [0.29, 0.717) is 13.0 Å². The number of unbranched alkanes of at least 4 members (excludes halogenated alkanes) is 10. The molecule has 0 aliphatic heterocycles. The lowest BCUT2D eigenvalue weighted by Gasteiger charge is -2.01. The summed E-state index contributed by atoms with van der Waals surface area (Å²) in [6, 6.07) is 0. The summed E-state index contributed by atoms with van der Waals surface area (Å²) in [7, 11) is -3.93. The lowest BCUT2D eigenvalue weighted by molar-refractivity contribution is 0.282. The van der Waals surface area contributed by atoms with Crippen molar-refractivity contribution in [2.45, 2.75) is 70.6 Å². The first-order chi connectivity index (χ1) is 9.06. The third-order valence-corrected chi connectivity index (χ3v) is 3.58. The van der Waals surface area contributed by atoms with Crippen molar-refractivity contribution < 1.29 is 18.1 Å². The average molecular weight is 292 g/mol. The summed E-state index contributed by atoms with van der Waals surface area (Å²) in [4.78, 5) is 0. The zero-order valence-electron chi connectivity index (χ0n) is 11.8. The van der Waals surface area contributed by atoms with Crippen LogP contribution in [-0.2, 0) is 10.1 Å². The molecule has 2 N–H and O–H groups in total. The third kappa shape index (κ3) is 17.6. The molecule has 0 bridgehead atoms. The molecule has 0 aromatic rings. The van der Waals surface area contributed by atoms with Crippen LogP contribution in [0.15, 0.2) is 11.5 Å². The molecule has 0 aromatic heterocycles. The minimum absolute atomic E-state index is 0.312. The van der Waals surface area contributed by atoms with Gasteiger partial charge in [-0.3, -0.25) is 4.55 Å². The highest BCUT2D eigenvalue weighted by Crippen LogP contribution is 2.11. The first-order valence-electron chi connectivity index (χ1n) is 7.31. The van der Waals surface area contributed by atoms with E-state index in [4.69, 9.17) is 9.66 Å². The van der Waals surface area contributed by atoms with Gasteiger partial charge in [0, 0.05) is 6.61 Å². The van der Waals surface area contributed by atoms with Crippen molar-refractivity contribution in [3.63, 3.8) is 0 Å². The van der Waals surface area contributed by atoms with E-state index in [2.05, 4.69) is 0 Å².